The molecule has 3 aromatic carbocycles. The van der Waals surface area contributed by atoms with Crippen LogP contribution in [0.4, 0.5) is 0 Å². The third kappa shape index (κ3) is 7.16. The fourth-order valence-corrected chi connectivity index (χ4v) is 4.34. The maximum absolute atomic E-state index is 2.22. The van der Waals surface area contributed by atoms with Gasteiger partial charge in [0.2, 0.25) is 0 Å². The van der Waals surface area contributed by atoms with E-state index in [1.54, 1.807) is 11.8 Å². The highest BCUT2D eigenvalue weighted by Crippen LogP contribution is 2.31. The Morgan fingerprint density at radius 2 is 1.19 bits per heavy atom. The second kappa shape index (κ2) is 10.9. The second-order valence-corrected chi connectivity index (χ2v) is 8.59. The van der Waals surface area contributed by atoms with Crippen LogP contribution in [0.25, 0.3) is 0 Å². The third-order valence-electron chi connectivity index (χ3n) is 3.97. The van der Waals surface area contributed by atoms with Crippen molar-refractivity contribution < 1.29 is 0 Å². The van der Waals surface area contributed by atoms with Gasteiger partial charge in [-0.3, -0.25) is 0 Å². The highest BCUT2D eigenvalue weighted by Gasteiger charge is 2.01. The van der Waals surface area contributed by atoms with Gasteiger partial charge in [0.15, 0.2) is 0 Å². The van der Waals surface area contributed by atoms with E-state index < -0.39 is 0 Å². The Morgan fingerprint density at radius 1 is 0.630 bits per heavy atom. The van der Waals surface area contributed by atoms with E-state index in [0.717, 1.165) is 0 Å². The van der Waals surface area contributed by atoms with Crippen LogP contribution in [-0.4, -0.2) is 0 Å². The fraction of sp³-hybridized carbons (Fsp3) is 0.120. The number of hydrogen-bond donors (Lipinski definition) is 0. The molecule has 0 aliphatic heterocycles. The molecule has 0 unspecified atom stereocenters. The van der Waals surface area contributed by atoms with Gasteiger partial charge in [-0.05, 0) is 61.1 Å². The van der Waals surface area contributed by atoms with Crippen molar-refractivity contribution in [1.29, 1.82) is 0 Å². The zero-order chi connectivity index (χ0) is 18.7. The Hall–Kier alpha value is -2.16. The molecular formula is C25H24S2. The van der Waals surface area contributed by atoms with E-state index in [9.17, 15) is 0 Å². The van der Waals surface area contributed by atoms with Crippen LogP contribution in [-0.2, 0) is 0 Å². The molecule has 0 heterocycles. The van der Waals surface area contributed by atoms with Crippen molar-refractivity contribution in [3.05, 3.63) is 114 Å². The molecule has 0 amide bonds. The largest absolute Gasteiger partial charge is 0.0945 e. The summed E-state index contributed by atoms with van der Waals surface area (Å²) in [4.78, 5) is 5.39. The molecule has 1 aliphatic carbocycles. The van der Waals surface area contributed by atoms with E-state index in [4.69, 9.17) is 0 Å². The standard InChI is InChI=1S/C13H12S.C12H12S/c1-11-7-9-13(10-8-11)14-12-5-3-2-4-6-12;1-3-7-11(8-4-1)13-12-9-5-2-6-10-12/h2-10H,1H3;1-5,7-9H,6,10H2. The summed E-state index contributed by atoms with van der Waals surface area (Å²) >= 11 is 3.67. The number of allylic oxidation sites excluding steroid dienone is 4. The zero-order valence-corrected chi connectivity index (χ0v) is 17.2. The summed E-state index contributed by atoms with van der Waals surface area (Å²) in [5, 5.41) is 0. The van der Waals surface area contributed by atoms with Crippen molar-refractivity contribution >= 4 is 23.5 Å². The van der Waals surface area contributed by atoms with Crippen LogP contribution in [0, 0.1) is 6.92 Å². The van der Waals surface area contributed by atoms with Gasteiger partial charge < -0.3 is 0 Å². The average Bonchev–Trinajstić information content (AvgIpc) is 2.73. The van der Waals surface area contributed by atoms with Crippen LogP contribution in [0.3, 0.4) is 0 Å². The van der Waals surface area contributed by atoms with Crippen molar-refractivity contribution in [3.8, 4) is 0 Å². The maximum atomic E-state index is 2.22. The lowest BCUT2D eigenvalue weighted by molar-refractivity contribution is 1.02. The molecule has 4 rings (SSSR count). The van der Waals surface area contributed by atoms with Gasteiger partial charge in [-0.15, -0.1) is 0 Å². The lowest BCUT2D eigenvalue weighted by atomic mass is 10.2. The summed E-state index contributed by atoms with van der Waals surface area (Å²) in [7, 11) is 0. The minimum atomic E-state index is 1.19. The molecular weight excluding hydrogens is 364 g/mol. The van der Waals surface area contributed by atoms with Gasteiger partial charge >= 0.3 is 0 Å². The smallest absolute Gasteiger partial charge is 0.0122 e. The molecule has 3 aromatic rings. The summed E-state index contributed by atoms with van der Waals surface area (Å²) in [6, 6.07) is 29.6. The Bertz CT molecular complexity index is 863. The van der Waals surface area contributed by atoms with E-state index in [1.165, 1.54) is 38.0 Å². The number of aryl methyl sites for hydroxylation is 1. The first kappa shape index (κ1) is 19.6. The van der Waals surface area contributed by atoms with Crippen molar-refractivity contribution in [2.24, 2.45) is 0 Å². The molecule has 136 valence electrons. The Morgan fingerprint density at radius 3 is 1.74 bits per heavy atom. The lowest BCUT2D eigenvalue weighted by Gasteiger charge is -2.07. The van der Waals surface area contributed by atoms with Gasteiger partial charge in [-0.2, -0.15) is 0 Å². The van der Waals surface area contributed by atoms with E-state index in [0.29, 0.717) is 0 Å². The first-order valence-corrected chi connectivity index (χ1v) is 10.8. The number of thioether (sulfide) groups is 1. The minimum absolute atomic E-state index is 1.19. The molecule has 0 N–H and O–H groups in total. The molecule has 27 heavy (non-hydrogen) atoms. The number of hydrogen-bond acceptors (Lipinski definition) is 2. The molecule has 0 bridgehead atoms. The summed E-state index contributed by atoms with van der Waals surface area (Å²) < 4.78 is 0. The molecule has 0 atom stereocenters. The van der Waals surface area contributed by atoms with E-state index >= 15 is 0 Å². The summed E-state index contributed by atoms with van der Waals surface area (Å²) in [6.07, 6.45) is 8.95. The number of rotatable bonds is 4. The monoisotopic (exact) mass is 388 g/mol. The average molecular weight is 389 g/mol. The van der Waals surface area contributed by atoms with Crippen LogP contribution in [0.1, 0.15) is 18.4 Å². The fourth-order valence-electron chi connectivity index (χ4n) is 2.54. The summed E-state index contributed by atoms with van der Waals surface area (Å²) in [6.45, 7) is 2.11. The quantitative estimate of drug-likeness (QED) is 0.442. The molecule has 1 aliphatic rings. The number of benzene rings is 3. The van der Waals surface area contributed by atoms with Crippen molar-refractivity contribution in [1.82, 2.24) is 0 Å². The van der Waals surface area contributed by atoms with Crippen LogP contribution >= 0.6 is 23.5 Å². The predicted molar refractivity (Wildman–Crippen MR) is 121 cm³/mol. The Kier molecular flexibility index (Phi) is 7.88. The molecule has 0 spiro atoms. The highest BCUT2D eigenvalue weighted by atomic mass is 32.2. The predicted octanol–water partition coefficient (Wildman–Crippen LogP) is 8.16. The summed E-state index contributed by atoms with van der Waals surface area (Å²) in [5.74, 6) is 0. The molecule has 0 saturated heterocycles. The lowest BCUT2D eigenvalue weighted by Crippen LogP contribution is -1.81. The van der Waals surface area contributed by atoms with Crippen molar-refractivity contribution in [2.45, 2.75) is 34.5 Å². The van der Waals surface area contributed by atoms with Crippen LogP contribution in [0.15, 0.2) is 123 Å². The van der Waals surface area contributed by atoms with E-state index in [-0.39, 0.29) is 0 Å². The SMILES string of the molecule is C1=CCCC(Sc2ccccc2)=C1.Cc1ccc(Sc2ccccc2)cc1. The van der Waals surface area contributed by atoms with Gasteiger partial charge in [0.05, 0.1) is 0 Å². The van der Waals surface area contributed by atoms with Gasteiger partial charge in [-0.25, -0.2) is 0 Å². The first-order chi connectivity index (χ1) is 13.3. The molecule has 0 aromatic heterocycles. The van der Waals surface area contributed by atoms with Crippen LogP contribution in [0.5, 0.6) is 0 Å². The normalized spacial score (nSPS) is 12.7. The molecule has 2 heteroatoms. The van der Waals surface area contributed by atoms with Gasteiger partial charge in [0.1, 0.15) is 0 Å². The Balaban J connectivity index is 0.000000156. The van der Waals surface area contributed by atoms with Gasteiger partial charge in [0.25, 0.3) is 0 Å². The van der Waals surface area contributed by atoms with Gasteiger partial charge in [-0.1, -0.05) is 95.8 Å². The van der Waals surface area contributed by atoms with Crippen LogP contribution in [0.2, 0.25) is 0 Å². The molecule has 0 saturated carbocycles. The molecule has 0 nitrogen and oxygen atoms in total. The van der Waals surface area contributed by atoms with E-state index in [1.807, 2.05) is 17.8 Å². The summed E-state index contributed by atoms with van der Waals surface area (Å²) in [5.41, 5.74) is 1.31. The minimum Gasteiger partial charge on any atom is -0.0945 e. The Labute approximate surface area is 171 Å². The van der Waals surface area contributed by atoms with Crippen molar-refractivity contribution in [3.63, 3.8) is 0 Å². The van der Waals surface area contributed by atoms with Crippen LogP contribution < -0.4 is 0 Å². The van der Waals surface area contributed by atoms with Crippen molar-refractivity contribution in [2.75, 3.05) is 0 Å². The van der Waals surface area contributed by atoms with E-state index in [2.05, 4.69) is 104 Å². The second-order valence-electron chi connectivity index (χ2n) is 6.24. The molecule has 0 radical (unpaired) electrons. The molecule has 0 fully saturated rings. The maximum Gasteiger partial charge on any atom is 0.0122 e. The topological polar surface area (TPSA) is 0 Å². The highest BCUT2D eigenvalue weighted by molar-refractivity contribution is 8.03. The van der Waals surface area contributed by atoms with Gasteiger partial charge in [0, 0.05) is 14.7 Å². The zero-order valence-electron chi connectivity index (χ0n) is 15.5. The third-order valence-corrected chi connectivity index (χ3v) is 6.09. The first-order valence-electron chi connectivity index (χ1n) is 9.18.